The van der Waals surface area contributed by atoms with Gasteiger partial charge in [0.15, 0.2) is 0 Å². The van der Waals surface area contributed by atoms with E-state index in [-0.39, 0.29) is 0 Å². The van der Waals surface area contributed by atoms with E-state index >= 15 is 0 Å². The Bertz CT molecular complexity index is 489. The predicted octanol–water partition coefficient (Wildman–Crippen LogP) is 2.00. The standard InChI is InChI=1S/C19H28N2O2/c1-2-5-16(6-3-1)13-20-14-17-7-4-10-23-19(17)18(15-20)21-8-11-22-12-9-21/h1-3,5-6,17-19H,4,7-15H2/t17-,18+,19-/m0/s1. The lowest BCUT2D eigenvalue weighted by atomic mass is 9.84. The predicted molar refractivity (Wildman–Crippen MR) is 90.4 cm³/mol. The second kappa shape index (κ2) is 7.31. The molecule has 4 nitrogen and oxygen atoms in total. The largest absolute Gasteiger partial charge is 0.379 e. The van der Waals surface area contributed by atoms with Crippen LogP contribution in [-0.2, 0) is 16.0 Å². The summed E-state index contributed by atoms with van der Waals surface area (Å²) in [5.41, 5.74) is 1.42. The minimum absolute atomic E-state index is 0.425. The minimum atomic E-state index is 0.425. The van der Waals surface area contributed by atoms with E-state index in [1.54, 1.807) is 0 Å². The average Bonchev–Trinajstić information content (AvgIpc) is 2.63. The first-order valence-corrected chi connectivity index (χ1v) is 9.10. The molecule has 3 heterocycles. The average molecular weight is 316 g/mol. The van der Waals surface area contributed by atoms with Crippen molar-refractivity contribution >= 4 is 0 Å². The summed E-state index contributed by atoms with van der Waals surface area (Å²) in [6.07, 6.45) is 2.96. The number of morpholine rings is 1. The van der Waals surface area contributed by atoms with Gasteiger partial charge in [-0.25, -0.2) is 0 Å². The molecule has 1 aromatic carbocycles. The quantitative estimate of drug-likeness (QED) is 0.851. The van der Waals surface area contributed by atoms with Crippen LogP contribution in [0.4, 0.5) is 0 Å². The summed E-state index contributed by atoms with van der Waals surface area (Å²) in [6.45, 7) is 8.15. The van der Waals surface area contributed by atoms with Crippen molar-refractivity contribution < 1.29 is 9.47 Å². The molecular weight excluding hydrogens is 288 g/mol. The van der Waals surface area contributed by atoms with E-state index in [1.807, 2.05) is 0 Å². The molecule has 126 valence electrons. The second-order valence-corrected chi connectivity index (χ2v) is 7.13. The molecule has 4 rings (SSSR count). The summed E-state index contributed by atoms with van der Waals surface area (Å²) in [5.74, 6) is 0.689. The van der Waals surface area contributed by atoms with Crippen LogP contribution in [0.2, 0.25) is 0 Å². The molecular formula is C19H28N2O2. The van der Waals surface area contributed by atoms with Gasteiger partial charge in [-0.2, -0.15) is 0 Å². The molecule has 3 atom stereocenters. The van der Waals surface area contributed by atoms with Gasteiger partial charge in [0.1, 0.15) is 0 Å². The highest BCUT2D eigenvalue weighted by Crippen LogP contribution is 2.32. The number of likely N-dealkylation sites (tertiary alicyclic amines) is 1. The number of rotatable bonds is 3. The first-order valence-electron chi connectivity index (χ1n) is 9.10. The van der Waals surface area contributed by atoms with Crippen LogP contribution in [0, 0.1) is 5.92 Å². The first kappa shape index (κ1) is 15.6. The highest BCUT2D eigenvalue weighted by Gasteiger charge is 2.42. The third-order valence-corrected chi connectivity index (χ3v) is 5.58. The van der Waals surface area contributed by atoms with Crippen molar-refractivity contribution in [1.29, 1.82) is 0 Å². The summed E-state index contributed by atoms with van der Waals surface area (Å²) >= 11 is 0. The lowest BCUT2D eigenvalue weighted by Gasteiger charge is -2.50. The molecule has 23 heavy (non-hydrogen) atoms. The van der Waals surface area contributed by atoms with Gasteiger partial charge in [0.2, 0.25) is 0 Å². The molecule has 4 heteroatoms. The molecule has 0 aliphatic carbocycles. The van der Waals surface area contributed by atoms with E-state index in [9.17, 15) is 0 Å². The topological polar surface area (TPSA) is 24.9 Å². The SMILES string of the molecule is c1ccc(CN2C[C@@H]3CCCO[C@@H]3[C@H](N3CCOCC3)C2)cc1. The molecule has 1 aromatic rings. The summed E-state index contributed by atoms with van der Waals surface area (Å²) in [7, 11) is 0. The van der Waals surface area contributed by atoms with E-state index in [0.29, 0.717) is 18.1 Å². The molecule has 0 radical (unpaired) electrons. The molecule has 3 saturated heterocycles. The highest BCUT2D eigenvalue weighted by atomic mass is 16.5. The maximum atomic E-state index is 6.24. The summed E-state index contributed by atoms with van der Waals surface area (Å²) in [4.78, 5) is 5.26. The van der Waals surface area contributed by atoms with Gasteiger partial charge in [-0.05, 0) is 24.3 Å². The molecule has 0 bridgehead atoms. The van der Waals surface area contributed by atoms with Crippen LogP contribution >= 0.6 is 0 Å². The zero-order chi connectivity index (χ0) is 15.5. The summed E-state index contributed by atoms with van der Waals surface area (Å²) in [6, 6.07) is 11.4. The number of nitrogens with zero attached hydrogens (tertiary/aromatic N) is 2. The maximum absolute atomic E-state index is 6.24. The lowest BCUT2D eigenvalue weighted by molar-refractivity contribution is -0.128. The maximum Gasteiger partial charge on any atom is 0.0782 e. The van der Waals surface area contributed by atoms with Gasteiger partial charge in [-0.15, -0.1) is 0 Å². The molecule has 0 aromatic heterocycles. The number of benzene rings is 1. The number of ether oxygens (including phenoxy) is 2. The van der Waals surface area contributed by atoms with Gasteiger partial charge in [0.05, 0.1) is 19.3 Å². The van der Waals surface area contributed by atoms with Crippen LogP contribution in [-0.4, -0.2) is 67.9 Å². The fraction of sp³-hybridized carbons (Fsp3) is 0.684. The fourth-order valence-electron chi connectivity index (χ4n) is 4.46. The van der Waals surface area contributed by atoms with Crippen LogP contribution < -0.4 is 0 Å². The molecule has 0 amide bonds. The second-order valence-electron chi connectivity index (χ2n) is 7.13. The Hall–Kier alpha value is -0.940. The van der Waals surface area contributed by atoms with Crippen LogP contribution in [0.25, 0.3) is 0 Å². The smallest absolute Gasteiger partial charge is 0.0782 e. The summed E-state index contributed by atoms with van der Waals surface area (Å²) in [5, 5.41) is 0. The minimum Gasteiger partial charge on any atom is -0.379 e. The van der Waals surface area contributed by atoms with Crippen molar-refractivity contribution in [3.8, 4) is 0 Å². The van der Waals surface area contributed by atoms with Crippen molar-refractivity contribution in [2.75, 3.05) is 46.0 Å². The number of fused-ring (bicyclic) bond motifs is 1. The van der Waals surface area contributed by atoms with Crippen LogP contribution in [0.15, 0.2) is 30.3 Å². The van der Waals surface area contributed by atoms with Crippen LogP contribution in [0.5, 0.6) is 0 Å². The zero-order valence-corrected chi connectivity index (χ0v) is 13.9. The van der Waals surface area contributed by atoms with Gasteiger partial charge in [-0.3, -0.25) is 9.80 Å². The van der Waals surface area contributed by atoms with E-state index in [4.69, 9.17) is 9.47 Å². The fourth-order valence-corrected chi connectivity index (χ4v) is 4.46. The van der Waals surface area contributed by atoms with Crippen molar-refractivity contribution in [3.63, 3.8) is 0 Å². The van der Waals surface area contributed by atoms with Gasteiger partial charge in [0, 0.05) is 45.4 Å². The Kier molecular flexibility index (Phi) is 4.95. The molecule has 0 unspecified atom stereocenters. The monoisotopic (exact) mass is 316 g/mol. The normalized spacial score (nSPS) is 33.3. The van der Waals surface area contributed by atoms with Crippen LogP contribution in [0.1, 0.15) is 18.4 Å². The summed E-state index contributed by atoms with van der Waals surface area (Å²) < 4.78 is 11.8. The van der Waals surface area contributed by atoms with Gasteiger partial charge >= 0.3 is 0 Å². The van der Waals surface area contributed by atoms with Crippen molar-refractivity contribution in [2.24, 2.45) is 5.92 Å². The Morgan fingerprint density at radius 3 is 2.65 bits per heavy atom. The molecule has 0 saturated carbocycles. The lowest BCUT2D eigenvalue weighted by Crippen LogP contribution is -2.62. The Morgan fingerprint density at radius 2 is 1.83 bits per heavy atom. The van der Waals surface area contributed by atoms with E-state index < -0.39 is 0 Å². The van der Waals surface area contributed by atoms with Crippen molar-refractivity contribution in [3.05, 3.63) is 35.9 Å². The molecule has 0 N–H and O–H groups in total. The van der Waals surface area contributed by atoms with Crippen molar-refractivity contribution in [2.45, 2.75) is 31.5 Å². The molecule has 3 fully saturated rings. The third-order valence-electron chi connectivity index (χ3n) is 5.58. The first-order chi connectivity index (χ1) is 11.4. The third kappa shape index (κ3) is 3.61. The van der Waals surface area contributed by atoms with Gasteiger partial charge in [0.25, 0.3) is 0 Å². The molecule has 3 aliphatic heterocycles. The Labute approximate surface area is 139 Å². The molecule has 0 spiro atoms. The van der Waals surface area contributed by atoms with Gasteiger partial charge in [-0.1, -0.05) is 30.3 Å². The molecule has 3 aliphatic rings. The van der Waals surface area contributed by atoms with Crippen molar-refractivity contribution in [1.82, 2.24) is 9.80 Å². The number of piperidine rings is 1. The Balaban J connectivity index is 1.48. The van der Waals surface area contributed by atoms with Crippen LogP contribution in [0.3, 0.4) is 0 Å². The highest BCUT2D eigenvalue weighted by molar-refractivity contribution is 5.15. The number of hydrogen-bond acceptors (Lipinski definition) is 4. The van der Waals surface area contributed by atoms with E-state index in [1.165, 1.54) is 24.9 Å². The number of hydrogen-bond donors (Lipinski definition) is 0. The van der Waals surface area contributed by atoms with E-state index in [0.717, 1.165) is 46.0 Å². The van der Waals surface area contributed by atoms with E-state index in [2.05, 4.69) is 40.1 Å². The Morgan fingerprint density at radius 1 is 1.00 bits per heavy atom. The zero-order valence-electron chi connectivity index (χ0n) is 13.9. The van der Waals surface area contributed by atoms with Gasteiger partial charge < -0.3 is 9.47 Å².